The number of rotatable bonds is 3. The highest BCUT2D eigenvalue weighted by molar-refractivity contribution is 5.82. The number of amides is 2. The number of alkyl carbamates (subject to hydrolysis) is 1. The van der Waals surface area contributed by atoms with Crippen LogP contribution in [0.25, 0.3) is 0 Å². The van der Waals surface area contributed by atoms with Crippen molar-refractivity contribution in [3.8, 4) is 5.75 Å². The largest absolute Gasteiger partial charge is 0.573 e. The minimum Gasteiger partial charge on any atom is -0.447 e. The predicted molar refractivity (Wildman–Crippen MR) is 94.1 cm³/mol. The number of likely N-dealkylation sites (tertiary alicyclic amines) is 1. The third kappa shape index (κ3) is 3.20. The van der Waals surface area contributed by atoms with Crippen molar-refractivity contribution >= 4 is 12.0 Å². The number of benzene rings is 1. The van der Waals surface area contributed by atoms with Crippen molar-refractivity contribution in [2.24, 2.45) is 17.8 Å². The maximum Gasteiger partial charge on any atom is 0.573 e. The fourth-order valence-electron chi connectivity index (χ4n) is 5.29. The van der Waals surface area contributed by atoms with Gasteiger partial charge in [-0.3, -0.25) is 4.79 Å². The molecule has 3 atom stereocenters. The molecule has 0 radical (unpaired) electrons. The summed E-state index contributed by atoms with van der Waals surface area (Å²) in [7, 11) is 0. The number of cyclic esters (lactones) is 1. The molecule has 1 aromatic carbocycles. The van der Waals surface area contributed by atoms with Gasteiger partial charge in [-0.15, -0.1) is 13.2 Å². The molecule has 0 aromatic heterocycles. The van der Waals surface area contributed by atoms with E-state index in [9.17, 15) is 22.8 Å². The minimum atomic E-state index is -4.71. The van der Waals surface area contributed by atoms with E-state index in [4.69, 9.17) is 4.74 Å². The number of alkyl halides is 3. The quantitative estimate of drug-likeness (QED) is 0.832. The van der Waals surface area contributed by atoms with Gasteiger partial charge in [0, 0.05) is 19.0 Å². The lowest BCUT2D eigenvalue weighted by molar-refractivity contribution is -0.274. The van der Waals surface area contributed by atoms with Crippen molar-refractivity contribution in [3.05, 3.63) is 29.3 Å². The average Bonchev–Trinajstić information content (AvgIpc) is 2.94. The van der Waals surface area contributed by atoms with Crippen LogP contribution in [0.2, 0.25) is 0 Å². The molecule has 5 rings (SSSR count). The van der Waals surface area contributed by atoms with Gasteiger partial charge in [-0.05, 0) is 54.7 Å². The summed E-state index contributed by atoms with van der Waals surface area (Å²) in [6, 6.07) is 4.99. The number of ether oxygens (including phenoxy) is 2. The maximum absolute atomic E-state index is 12.7. The number of fused-ring (bicyclic) bond motifs is 1. The molecule has 6 nitrogen and oxygen atoms in total. The zero-order valence-electron chi connectivity index (χ0n) is 15.8. The highest BCUT2D eigenvalue weighted by Gasteiger charge is 2.59. The summed E-state index contributed by atoms with van der Waals surface area (Å²) in [5.74, 6) is 0.582. The first-order chi connectivity index (χ1) is 13.6. The average molecular weight is 410 g/mol. The fraction of sp³-hybridized carbons (Fsp3) is 0.600. The Bertz CT molecular complexity index is 869. The van der Waals surface area contributed by atoms with Crippen LogP contribution in [0.5, 0.6) is 5.75 Å². The first kappa shape index (κ1) is 18.6. The highest BCUT2D eigenvalue weighted by Crippen LogP contribution is 2.59. The van der Waals surface area contributed by atoms with Crippen molar-refractivity contribution < 1.29 is 32.2 Å². The number of halogens is 3. The summed E-state index contributed by atoms with van der Waals surface area (Å²) >= 11 is 0. The van der Waals surface area contributed by atoms with Crippen LogP contribution < -0.4 is 10.1 Å². The summed E-state index contributed by atoms with van der Waals surface area (Å²) in [6.45, 7) is 3.16. The standard InChI is InChI=1S/C20H21F3N2O4/c1-10-2-3-11(4-15(10)29-20(21,22)23)16-13-7-25(8-14(13)16)17(26)12-5-19(6-12)9-28-18(27)24-19/h2-4,12-14,16H,5-9H2,1H3,(H,24,27)/t12?,13-,14+,16?,19?. The number of carbonyl (C=O) groups excluding carboxylic acids is 2. The van der Waals surface area contributed by atoms with Crippen molar-refractivity contribution in [1.29, 1.82) is 0 Å². The molecule has 4 fully saturated rings. The van der Waals surface area contributed by atoms with Gasteiger partial charge in [0.05, 0.1) is 5.54 Å². The summed E-state index contributed by atoms with van der Waals surface area (Å²) < 4.78 is 46.8. The Labute approximate surface area is 165 Å². The Morgan fingerprint density at radius 1 is 1.28 bits per heavy atom. The van der Waals surface area contributed by atoms with Gasteiger partial charge in [0.15, 0.2) is 0 Å². The van der Waals surface area contributed by atoms with Gasteiger partial charge in [0.2, 0.25) is 5.91 Å². The monoisotopic (exact) mass is 410 g/mol. The number of nitrogens with zero attached hydrogens (tertiary/aromatic N) is 1. The highest BCUT2D eigenvalue weighted by atomic mass is 19.4. The molecule has 2 heterocycles. The SMILES string of the molecule is Cc1ccc(C2[C@H]3CN(C(=O)C4CC5(COC(=O)N5)C4)C[C@@H]23)cc1OC(F)(F)F. The number of carbonyl (C=O) groups is 2. The minimum absolute atomic E-state index is 0.0980. The van der Waals surface area contributed by atoms with E-state index < -0.39 is 12.5 Å². The molecule has 0 bridgehead atoms. The van der Waals surface area contributed by atoms with Gasteiger partial charge in [0.25, 0.3) is 0 Å². The summed E-state index contributed by atoms with van der Waals surface area (Å²) in [5.41, 5.74) is 0.903. The molecule has 1 unspecified atom stereocenters. The van der Waals surface area contributed by atoms with Gasteiger partial charge in [-0.2, -0.15) is 0 Å². The van der Waals surface area contributed by atoms with Gasteiger partial charge < -0.3 is 19.7 Å². The molecular formula is C20H21F3N2O4. The lowest BCUT2D eigenvalue weighted by Gasteiger charge is -2.43. The van der Waals surface area contributed by atoms with Crippen LogP contribution in [0, 0.1) is 24.7 Å². The second kappa shape index (κ2) is 6.03. The zero-order valence-corrected chi connectivity index (χ0v) is 15.8. The number of aryl methyl sites for hydroxylation is 1. The van der Waals surface area contributed by atoms with E-state index in [2.05, 4.69) is 10.1 Å². The molecule has 29 heavy (non-hydrogen) atoms. The van der Waals surface area contributed by atoms with E-state index in [1.807, 2.05) is 11.0 Å². The Kier molecular flexibility index (Phi) is 3.86. The smallest absolute Gasteiger partial charge is 0.447 e. The third-order valence-electron chi connectivity index (χ3n) is 6.80. The van der Waals surface area contributed by atoms with Crippen molar-refractivity contribution in [2.45, 2.75) is 37.6 Å². The molecule has 2 saturated carbocycles. The zero-order chi connectivity index (χ0) is 20.6. The van der Waals surface area contributed by atoms with Crippen LogP contribution in [0.4, 0.5) is 18.0 Å². The Balaban J connectivity index is 1.18. The number of piperidine rings is 1. The second-order valence-corrected chi connectivity index (χ2v) is 8.76. The molecule has 2 aliphatic carbocycles. The number of nitrogens with one attached hydrogen (secondary N) is 1. The third-order valence-corrected chi connectivity index (χ3v) is 6.80. The van der Waals surface area contributed by atoms with E-state index in [0.717, 1.165) is 5.56 Å². The molecule has 1 N–H and O–H groups in total. The summed E-state index contributed by atoms with van der Waals surface area (Å²) in [6.07, 6.45) is -3.94. The van der Waals surface area contributed by atoms with Gasteiger partial charge >= 0.3 is 12.5 Å². The van der Waals surface area contributed by atoms with E-state index in [-0.39, 0.29) is 40.9 Å². The Hall–Kier alpha value is -2.45. The number of hydrogen-bond acceptors (Lipinski definition) is 4. The Morgan fingerprint density at radius 2 is 1.97 bits per heavy atom. The molecular weight excluding hydrogens is 389 g/mol. The van der Waals surface area contributed by atoms with Gasteiger partial charge in [-0.1, -0.05) is 12.1 Å². The van der Waals surface area contributed by atoms with Crippen molar-refractivity contribution in [2.75, 3.05) is 19.7 Å². The normalized spacial score (nSPS) is 35.0. The van der Waals surface area contributed by atoms with Crippen LogP contribution >= 0.6 is 0 Å². The fourth-order valence-corrected chi connectivity index (χ4v) is 5.29. The molecule has 9 heteroatoms. The van der Waals surface area contributed by atoms with Crippen LogP contribution in [0.1, 0.15) is 29.9 Å². The van der Waals surface area contributed by atoms with Gasteiger partial charge in [-0.25, -0.2) is 4.79 Å². The summed E-state index contributed by atoms with van der Waals surface area (Å²) in [5, 5.41) is 2.79. The molecule has 2 saturated heterocycles. The molecule has 1 aromatic rings. The van der Waals surface area contributed by atoms with E-state index in [1.165, 1.54) is 6.07 Å². The second-order valence-electron chi connectivity index (χ2n) is 8.76. The van der Waals surface area contributed by atoms with Crippen molar-refractivity contribution in [1.82, 2.24) is 10.2 Å². The van der Waals surface area contributed by atoms with Gasteiger partial charge in [0.1, 0.15) is 12.4 Å². The van der Waals surface area contributed by atoms with Crippen LogP contribution in [-0.2, 0) is 9.53 Å². The first-order valence-corrected chi connectivity index (χ1v) is 9.74. The lowest BCUT2D eigenvalue weighted by Crippen LogP contribution is -2.58. The first-order valence-electron chi connectivity index (χ1n) is 9.74. The number of hydrogen-bond donors (Lipinski definition) is 1. The lowest BCUT2D eigenvalue weighted by atomic mass is 9.68. The Morgan fingerprint density at radius 3 is 2.55 bits per heavy atom. The molecule has 1 spiro atoms. The van der Waals surface area contributed by atoms with E-state index >= 15 is 0 Å². The van der Waals surface area contributed by atoms with E-state index in [0.29, 0.717) is 38.1 Å². The van der Waals surface area contributed by atoms with Crippen molar-refractivity contribution in [3.63, 3.8) is 0 Å². The molecule has 2 aliphatic heterocycles. The predicted octanol–water partition coefficient (Wildman–Crippen LogP) is 2.95. The summed E-state index contributed by atoms with van der Waals surface area (Å²) in [4.78, 5) is 25.8. The van der Waals surface area contributed by atoms with Crippen LogP contribution in [0.3, 0.4) is 0 Å². The molecule has 2 amide bonds. The van der Waals surface area contributed by atoms with Crippen LogP contribution in [0.15, 0.2) is 18.2 Å². The van der Waals surface area contributed by atoms with E-state index in [1.54, 1.807) is 13.0 Å². The topological polar surface area (TPSA) is 67.9 Å². The molecule has 156 valence electrons. The molecule has 4 aliphatic rings. The maximum atomic E-state index is 12.7. The van der Waals surface area contributed by atoms with Crippen LogP contribution in [-0.4, -0.2) is 48.5 Å².